The van der Waals surface area contributed by atoms with Crippen LogP contribution in [0.5, 0.6) is 5.75 Å². The van der Waals surface area contributed by atoms with Crippen LogP contribution in [-0.2, 0) is 9.53 Å². The second-order valence-electron chi connectivity index (χ2n) is 4.71. The van der Waals surface area contributed by atoms with Crippen molar-refractivity contribution >= 4 is 11.8 Å². The zero-order valence-electron chi connectivity index (χ0n) is 10.5. The second-order valence-corrected chi connectivity index (χ2v) is 4.71. The van der Waals surface area contributed by atoms with Crippen LogP contribution in [0.3, 0.4) is 0 Å². The van der Waals surface area contributed by atoms with E-state index in [2.05, 4.69) is 0 Å². The van der Waals surface area contributed by atoms with Crippen LogP contribution in [0.1, 0.15) is 47.2 Å². The van der Waals surface area contributed by atoms with Crippen molar-refractivity contribution in [3.8, 4) is 5.75 Å². The number of rotatable bonds is 2. The first-order valence-electron chi connectivity index (χ1n) is 5.99. The molecule has 0 saturated heterocycles. The van der Waals surface area contributed by atoms with Gasteiger partial charge in [-0.05, 0) is 30.5 Å². The standard InChI is InChI=1S/C14H16O4/c1-8-5-11-10(7-18-9(2)15)3-4-12(16)14(11)13(17)6-8/h5-6,10,17H,3-4,7H2,1-2H3. The van der Waals surface area contributed by atoms with Gasteiger partial charge in [0, 0.05) is 19.3 Å². The lowest BCUT2D eigenvalue weighted by Crippen LogP contribution is -2.20. The average molecular weight is 248 g/mol. The maximum atomic E-state index is 11.8. The van der Waals surface area contributed by atoms with E-state index in [0.29, 0.717) is 18.4 Å². The van der Waals surface area contributed by atoms with Gasteiger partial charge in [-0.1, -0.05) is 6.07 Å². The number of phenols is 1. The minimum Gasteiger partial charge on any atom is -0.507 e. The van der Waals surface area contributed by atoms with E-state index in [1.54, 1.807) is 6.07 Å². The van der Waals surface area contributed by atoms with E-state index >= 15 is 0 Å². The third kappa shape index (κ3) is 2.37. The molecule has 0 aliphatic heterocycles. The van der Waals surface area contributed by atoms with Crippen LogP contribution < -0.4 is 0 Å². The highest BCUT2D eigenvalue weighted by Gasteiger charge is 2.29. The third-order valence-electron chi connectivity index (χ3n) is 3.22. The SMILES string of the molecule is CC(=O)OCC1CCC(=O)c2c(O)cc(C)cc21. The Bertz CT molecular complexity index is 505. The molecule has 96 valence electrons. The van der Waals surface area contributed by atoms with Gasteiger partial charge in [0.15, 0.2) is 5.78 Å². The molecule has 0 radical (unpaired) electrons. The molecule has 0 heterocycles. The Kier molecular flexibility index (Phi) is 3.36. The van der Waals surface area contributed by atoms with E-state index in [1.165, 1.54) is 6.92 Å². The molecule has 18 heavy (non-hydrogen) atoms. The fraction of sp³-hybridized carbons (Fsp3) is 0.429. The predicted molar refractivity (Wildman–Crippen MR) is 65.8 cm³/mol. The van der Waals surface area contributed by atoms with E-state index < -0.39 is 0 Å². The molecule has 0 bridgehead atoms. The number of aryl methyl sites for hydroxylation is 1. The summed E-state index contributed by atoms with van der Waals surface area (Å²) in [6.07, 6.45) is 1.04. The molecule has 0 spiro atoms. The molecule has 1 atom stereocenters. The Balaban J connectivity index is 2.37. The molecule has 1 aromatic carbocycles. The number of carbonyl (C=O) groups is 2. The summed E-state index contributed by atoms with van der Waals surface area (Å²) in [7, 11) is 0. The van der Waals surface area contributed by atoms with Crippen LogP contribution in [0.4, 0.5) is 0 Å². The van der Waals surface area contributed by atoms with Crippen molar-refractivity contribution in [1.82, 2.24) is 0 Å². The maximum absolute atomic E-state index is 11.8. The molecule has 1 N–H and O–H groups in total. The van der Waals surface area contributed by atoms with Gasteiger partial charge in [-0.15, -0.1) is 0 Å². The fourth-order valence-corrected chi connectivity index (χ4v) is 2.40. The predicted octanol–water partition coefficient (Wildman–Crippen LogP) is 2.32. The van der Waals surface area contributed by atoms with Gasteiger partial charge in [0.2, 0.25) is 0 Å². The number of phenolic OH excluding ortho intramolecular Hbond substituents is 1. The number of ketones is 1. The highest BCUT2D eigenvalue weighted by Crippen LogP contribution is 2.37. The quantitative estimate of drug-likeness (QED) is 0.816. The Morgan fingerprint density at radius 3 is 2.89 bits per heavy atom. The number of benzene rings is 1. The first kappa shape index (κ1) is 12.6. The number of fused-ring (bicyclic) bond motifs is 1. The van der Waals surface area contributed by atoms with Crippen LogP contribution in [0, 0.1) is 6.92 Å². The summed E-state index contributed by atoms with van der Waals surface area (Å²) in [5.41, 5.74) is 2.09. The first-order chi connectivity index (χ1) is 8.49. The summed E-state index contributed by atoms with van der Waals surface area (Å²) in [5.74, 6) is -0.346. The number of hydrogen-bond donors (Lipinski definition) is 1. The van der Waals surface area contributed by atoms with Crippen molar-refractivity contribution in [2.24, 2.45) is 0 Å². The van der Waals surface area contributed by atoms with Crippen molar-refractivity contribution in [2.75, 3.05) is 6.61 Å². The highest BCUT2D eigenvalue weighted by atomic mass is 16.5. The summed E-state index contributed by atoms with van der Waals surface area (Å²) in [6.45, 7) is 3.49. The molecule has 1 aromatic rings. The lowest BCUT2D eigenvalue weighted by Gasteiger charge is -2.25. The van der Waals surface area contributed by atoms with Crippen molar-refractivity contribution in [3.63, 3.8) is 0 Å². The van der Waals surface area contributed by atoms with Gasteiger partial charge in [-0.3, -0.25) is 9.59 Å². The topological polar surface area (TPSA) is 63.6 Å². The fourth-order valence-electron chi connectivity index (χ4n) is 2.40. The van der Waals surface area contributed by atoms with Crippen LogP contribution in [-0.4, -0.2) is 23.5 Å². The van der Waals surface area contributed by atoms with Crippen molar-refractivity contribution in [2.45, 2.75) is 32.6 Å². The van der Waals surface area contributed by atoms with E-state index in [0.717, 1.165) is 11.1 Å². The van der Waals surface area contributed by atoms with Gasteiger partial charge >= 0.3 is 5.97 Å². The second kappa shape index (κ2) is 4.80. The Morgan fingerprint density at radius 1 is 1.50 bits per heavy atom. The zero-order chi connectivity index (χ0) is 13.3. The molecule has 1 unspecified atom stereocenters. The largest absolute Gasteiger partial charge is 0.507 e. The molecule has 1 aliphatic carbocycles. The highest BCUT2D eigenvalue weighted by molar-refractivity contribution is 6.01. The van der Waals surface area contributed by atoms with E-state index in [-0.39, 0.29) is 30.0 Å². The molecular weight excluding hydrogens is 232 g/mol. The lowest BCUT2D eigenvalue weighted by atomic mass is 9.81. The number of aromatic hydroxyl groups is 1. The molecular formula is C14H16O4. The molecule has 0 saturated carbocycles. The Labute approximate surface area is 106 Å². The normalized spacial score (nSPS) is 18.3. The van der Waals surface area contributed by atoms with Gasteiger partial charge in [-0.2, -0.15) is 0 Å². The molecule has 1 aliphatic rings. The van der Waals surface area contributed by atoms with Gasteiger partial charge < -0.3 is 9.84 Å². The Morgan fingerprint density at radius 2 is 2.22 bits per heavy atom. The molecule has 0 aromatic heterocycles. The minimum atomic E-state index is -0.328. The van der Waals surface area contributed by atoms with Crippen LogP contribution >= 0.6 is 0 Å². The van der Waals surface area contributed by atoms with E-state index in [1.807, 2.05) is 13.0 Å². The summed E-state index contributed by atoms with van der Waals surface area (Å²) in [5, 5.41) is 9.87. The summed E-state index contributed by atoms with van der Waals surface area (Å²) in [6, 6.07) is 3.48. The van der Waals surface area contributed by atoms with Crippen molar-refractivity contribution < 1.29 is 19.4 Å². The monoisotopic (exact) mass is 248 g/mol. The smallest absolute Gasteiger partial charge is 0.302 e. The van der Waals surface area contributed by atoms with Crippen LogP contribution in [0.15, 0.2) is 12.1 Å². The van der Waals surface area contributed by atoms with Crippen molar-refractivity contribution in [3.05, 3.63) is 28.8 Å². The molecule has 0 fully saturated rings. The average Bonchev–Trinajstić information content (AvgIpc) is 2.26. The minimum absolute atomic E-state index is 0.00704. The molecule has 2 rings (SSSR count). The number of carbonyl (C=O) groups excluding carboxylic acids is 2. The Hall–Kier alpha value is -1.84. The summed E-state index contributed by atoms with van der Waals surface area (Å²) < 4.78 is 5.02. The van der Waals surface area contributed by atoms with E-state index in [9.17, 15) is 14.7 Å². The molecule has 0 amide bonds. The van der Waals surface area contributed by atoms with Gasteiger partial charge in [0.25, 0.3) is 0 Å². The number of ether oxygens (including phenoxy) is 1. The summed E-state index contributed by atoms with van der Waals surface area (Å²) in [4.78, 5) is 22.7. The number of hydrogen-bond acceptors (Lipinski definition) is 4. The van der Waals surface area contributed by atoms with Crippen LogP contribution in [0.25, 0.3) is 0 Å². The van der Waals surface area contributed by atoms with Gasteiger partial charge in [0.1, 0.15) is 5.75 Å². The lowest BCUT2D eigenvalue weighted by molar-refractivity contribution is -0.141. The molecule has 4 nitrogen and oxygen atoms in total. The van der Waals surface area contributed by atoms with Crippen molar-refractivity contribution in [1.29, 1.82) is 0 Å². The maximum Gasteiger partial charge on any atom is 0.302 e. The van der Waals surface area contributed by atoms with Gasteiger partial charge in [-0.25, -0.2) is 0 Å². The van der Waals surface area contributed by atoms with E-state index in [4.69, 9.17) is 4.74 Å². The zero-order valence-corrected chi connectivity index (χ0v) is 10.5. The third-order valence-corrected chi connectivity index (χ3v) is 3.22. The first-order valence-corrected chi connectivity index (χ1v) is 5.99. The summed E-state index contributed by atoms with van der Waals surface area (Å²) >= 11 is 0. The number of Topliss-reactive ketones (excluding diaryl/α,β-unsaturated/α-hetero) is 1. The molecule has 4 heteroatoms. The van der Waals surface area contributed by atoms with Gasteiger partial charge in [0.05, 0.1) is 12.2 Å². The van der Waals surface area contributed by atoms with Crippen LogP contribution in [0.2, 0.25) is 0 Å². The number of esters is 1.